The van der Waals surface area contributed by atoms with Crippen LogP contribution in [0.1, 0.15) is 21.5 Å². The van der Waals surface area contributed by atoms with Crippen molar-refractivity contribution in [1.82, 2.24) is 10.3 Å². The van der Waals surface area contributed by atoms with Crippen molar-refractivity contribution in [1.29, 1.82) is 0 Å². The number of hydrazine groups is 1. The summed E-state index contributed by atoms with van der Waals surface area (Å²) in [6.07, 6.45) is -11.4. The Balaban J connectivity index is 0.00000612. The van der Waals surface area contributed by atoms with E-state index in [0.717, 1.165) is 24.1 Å². The van der Waals surface area contributed by atoms with Gasteiger partial charge < -0.3 is 15.0 Å². The lowest BCUT2D eigenvalue weighted by Crippen LogP contribution is -2.42. The molecule has 0 heterocycles. The van der Waals surface area contributed by atoms with E-state index in [-0.39, 0.29) is 23.5 Å². The van der Waals surface area contributed by atoms with Crippen LogP contribution in [0.15, 0.2) is 36.4 Å². The molecule has 0 radical (unpaired) electrons. The van der Waals surface area contributed by atoms with E-state index in [2.05, 4.69) is 0 Å². The summed E-state index contributed by atoms with van der Waals surface area (Å²) in [5.41, 5.74) is -3.02. The maximum atomic E-state index is 13.4. The Bertz CT molecular complexity index is 1110. The third-order valence-electron chi connectivity index (χ3n) is 4.14. The van der Waals surface area contributed by atoms with Gasteiger partial charge >= 0.3 is 18.4 Å². The van der Waals surface area contributed by atoms with E-state index < -0.39 is 64.9 Å². The number of carbonyl (C=O) groups is 3. The third kappa shape index (κ3) is 7.90. The van der Waals surface area contributed by atoms with Crippen molar-refractivity contribution in [2.45, 2.75) is 12.4 Å². The molecule has 2 aromatic carbocycles. The van der Waals surface area contributed by atoms with E-state index in [1.807, 2.05) is 5.32 Å². The van der Waals surface area contributed by atoms with Crippen molar-refractivity contribution in [2.24, 2.45) is 5.84 Å². The van der Waals surface area contributed by atoms with Crippen molar-refractivity contribution in [2.75, 3.05) is 18.9 Å². The molecule has 0 atom stereocenters. The van der Waals surface area contributed by atoms with Crippen LogP contribution in [-0.2, 0) is 17.1 Å². The second-order valence-electron chi connectivity index (χ2n) is 6.64. The molecule has 35 heavy (non-hydrogen) atoms. The van der Waals surface area contributed by atoms with Crippen molar-refractivity contribution in [3.63, 3.8) is 0 Å². The van der Waals surface area contributed by atoms with E-state index in [1.165, 1.54) is 6.07 Å². The van der Waals surface area contributed by atoms with Crippen LogP contribution in [0.2, 0.25) is 5.02 Å². The maximum absolute atomic E-state index is 13.4. The quantitative estimate of drug-likeness (QED) is 0.221. The molecule has 16 heteroatoms. The number of amides is 3. The standard InChI is InChI=1S/C19H15ClF6N4O4.ClH/c1-30(8-15(31)29-27)17(33)34-14-5-3-10(20)7-11(14)16(32)28-13-4-2-9(18(21,22)23)6-12(13)19(24,25)26;/h2-7H,8,27H2,1H3,(H,28,32)(H,29,31);1H. The predicted molar refractivity (Wildman–Crippen MR) is 114 cm³/mol. The summed E-state index contributed by atoms with van der Waals surface area (Å²) >= 11 is 5.82. The minimum Gasteiger partial charge on any atom is -0.409 e. The Labute approximate surface area is 204 Å². The highest BCUT2D eigenvalue weighted by Gasteiger charge is 2.38. The summed E-state index contributed by atoms with van der Waals surface area (Å²) in [7, 11) is 1.16. The van der Waals surface area contributed by atoms with Crippen molar-refractivity contribution >= 4 is 47.6 Å². The van der Waals surface area contributed by atoms with Crippen LogP contribution >= 0.6 is 24.0 Å². The fourth-order valence-corrected chi connectivity index (χ4v) is 2.69. The lowest BCUT2D eigenvalue weighted by atomic mass is 10.1. The number of halogens is 8. The van der Waals surface area contributed by atoms with E-state index in [9.17, 15) is 40.7 Å². The van der Waals surface area contributed by atoms with Gasteiger partial charge in [0.2, 0.25) is 0 Å². The average Bonchev–Trinajstić information content (AvgIpc) is 2.73. The van der Waals surface area contributed by atoms with Gasteiger partial charge in [0.05, 0.1) is 22.4 Å². The fraction of sp³-hybridized carbons (Fsp3) is 0.211. The SMILES string of the molecule is CN(CC(=O)NN)C(=O)Oc1ccc(Cl)cc1C(=O)Nc1ccc(C(F)(F)F)cc1C(F)(F)F.Cl. The Hall–Kier alpha value is -3.23. The summed E-state index contributed by atoms with van der Waals surface area (Å²) < 4.78 is 83.6. The van der Waals surface area contributed by atoms with Gasteiger partial charge in [-0.2, -0.15) is 26.3 Å². The van der Waals surface area contributed by atoms with E-state index in [1.54, 1.807) is 5.43 Å². The number of nitrogens with two attached hydrogens (primary N) is 1. The zero-order valence-electron chi connectivity index (χ0n) is 17.4. The fourth-order valence-electron chi connectivity index (χ4n) is 2.52. The van der Waals surface area contributed by atoms with Crippen LogP contribution in [-0.4, -0.2) is 36.4 Å². The van der Waals surface area contributed by atoms with Gasteiger partial charge in [-0.05, 0) is 36.4 Å². The smallest absolute Gasteiger partial charge is 0.409 e. The molecule has 2 rings (SSSR count). The Morgan fingerprint density at radius 2 is 1.66 bits per heavy atom. The number of benzene rings is 2. The largest absolute Gasteiger partial charge is 0.418 e. The highest BCUT2D eigenvalue weighted by atomic mass is 35.5. The van der Waals surface area contributed by atoms with Crippen molar-refractivity contribution in [3.8, 4) is 5.75 Å². The molecule has 0 aromatic heterocycles. The topological polar surface area (TPSA) is 114 Å². The molecule has 2 aromatic rings. The first-order chi connectivity index (χ1) is 15.6. The number of alkyl halides is 6. The van der Waals surface area contributed by atoms with Crippen LogP contribution in [0, 0.1) is 0 Å². The number of ether oxygens (including phenoxy) is 1. The van der Waals surface area contributed by atoms with Crippen LogP contribution in [0.4, 0.5) is 36.8 Å². The van der Waals surface area contributed by atoms with E-state index in [0.29, 0.717) is 12.1 Å². The van der Waals surface area contributed by atoms with Gasteiger partial charge in [-0.1, -0.05) is 11.6 Å². The molecule has 0 fully saturated rings. The van der Waals surface area contributed by atoms with Crippen LogP contribution in [0.3, 0.4) is 0 Å². The van der Waals surface area contributed by atoms with Crippen LogP contribution in [0.5, 0.6) is 5.75 Å². The molecule has 0 aliphatic heterocycles. The van der Waals surface area contributed by atoms with Crippen molar-refractivity contribution < 1.29 is 45.5 Å². The summed E-state index contributed by atoms with van der Waals surface area (Å²) in [6.45, 7) is -0.523. The summed E-state index contributed by atoms with van der Waals surface area (Å²) in [5, 5.41) is 1.79. The van der Waals surface area contributed by atoms with E-state index in [4.69, 9.17) is 22.2 Å². The summed E-state index contributed by atoms with van der Waals surface area (Å²) in [5.74, 6) is 2.44. The first kappa shape index (κ1) is 29.8. The second-order valence-corrected chi connectivity index (χ2v) is 7.08. The number of carbonyl (C=O) groups excluding carboxylic acids is 3. The predicted octanol–water partition coefficient (Wildman–Crippen LogP) is 4.47. The molecule has 0 saturated carbocycles. The number of nitrogens with zero attached hydrogens (tertiary/aromatic N) is 1. The highest BCUT2D eigenvalue weighted by molar-refractivity contribution is 6.31. The molecule has 0 aliphatic rings. The molecule has 4 N–H and O–H groups in total. The zero-order valence-corrected chi connectivity index (χ0v) is 19.0. The van der Waals surface area contributed by atoms with Gasteiger partial charge in [0.25, 0.3) is 11.8 Å². The van der Waals surface area contributed by atoms with Crippen LogP contribution in [0.25, 0.3) is 0 Å². The normalized spacial score (nSPS) is 11.2. The molecular formula is C19H16Cl2F6N4O4. The minimum atomic E-state index is -5.24. The lowest BCUT2D eigenvalue weighted by Gasteiger charge is -2.18. The zero-order chi connectivity index (χ0) is 25.8. The first-order valence-corrected chi connectivity index (χ1v) is 9.33. The number of nitrogens with one attached hydrogen (secondary N) is 2. The number of likely N-dealkylation sites (N-methyl/N-ethyl adjacent to an activating group) is 1. The average molecular weight is 549 g/mol. The molecule has 0 unspecified atom stereocenters. The molecule has 0 spiro atoms. The molecule has 0 aliphatic carbocycles. The number of rotatable bonds is 5. The molecule has 0 bridgehead atoms. The third-order valence-corrected chi connectivity index (χ3v) is 4.37. The van der Waals surface area contributed by atoms with Gasteiger partial charge in [-0.25, -0.2) is 10.6 Å². The van der Waals surface area contributed by atoms with Gasteiger partial charge in [0, 0.05) is 12.1 Å². The lowest BCUT2D eigenvalue weighted by molar-refractivity contribution is -0.142. The van der Waals surface area contributed by atoms with Gasteiger partial charge in [0.1, 0.15) is 12.3 Å². The monoisotopic (exact) mass is 548 g/mol. The maximum Gasteiger partial charge on any atom is 0.418 e. The Morgan fingerprint density at radius 3 is 2.20 bits per heavy atom. The molecule has 192 valence electrons. The van der Waals surface area contributed by atoms with Gasteiger partial charge in [-0.15, -0.1) is 12.4 Å². The molecule has 3 amide bonds. The summed E-state index contributed by atoms with van der Waals surface area (Å²) in [4.78, 5) is 36.9. The number of hydrogen-bond donors (Lipinski definition) is 3. The van der Waals surface area contributed by atoms with Crippen LogP contribution < -0.4 is 21.3 Å². The summed E-state index contributed by atoms with van der Waals surface area (Å²) in [6, 6.07) is 3.88. The number of anilines is 1. The second kappa shape index (κ2) is 11.5. The van der Waals surface area contributed by atoms with Gasteiger partial charge in [-0.3, -0.25) is 15.0 Å². The van der Waals surface area contributed by atoms with Crippen molar-refractivity contribution in [3.05, 3.63) is 58.1 Å². The molecular weight excluding hydrogens is 533 g/mol. The molecule has 0 saturated heterocycles. The Kier molecular flexibility index (Phi) is 9.76. The highest BCUT2D eigenvalue weighted by Crippen LogP contribution is 2.39. The number of hydrogen-bond acceptors (Lipinski definition) is 5. The van der Waals surface area contributed by atoms with Gasteiger partial charge in [0.15, 0.2) is 0 Å². The molecule has 8 nitrogen and oxygen atoms in total. The first-order valence-electron chi connectivity index (χ1n) is 8.95. The minimum absolute atomic E-state index is 0. The van der Waals surface area contributed by atoms with E-state index >= 15 is 0 Å². The Morgan fingerprint density at radius 1 is 1.03 bits per heavy atom.